The van der Waals surface area contributed by atoms with Crippen molar-refractivity contribution >= 4 is 11.6 Å². The van der Waals surface area contributed by atoms with Crippen LogP contribution in [0.2, 0.25) is 0 Å². The quantitative estimate of drug-likeness (QED) is 0.532. The van der Waals surface area contributed by atoms with E-state index in [2.05, 4.69) is 16.0 Å². The van der Waals surface area contributed by atoms with Crippen molar-refractivity contribution in [1.29, 1.82) is 0 Å². The molecule has 0 bridgehead atoms. The zero-order valence-electron chi connectivity index (χ0n) is 17.5. The monoisotopic (exact) mass is 419 g/mol. The highest BCUT2D eigenvalue weighted by Gasteiger charge is 2.27. The molecule has 0 aliphatic carbocycles. The Balaban J connectivity index is 1.21. The van der Waals surface area contributed by atoms with Crippen molar-refractivity contribution in [2.75, 3.05) is 44.2 Å². The summed E-state index contributed by atoms with van der Waals surface area (Å²) in [5, 5.41) is 10.4. The molecular formula is C25H29N3O3+2. The molecule has 1 fully saturated rings. The van der Waals surface area contributed by atoms with Crippen LogP contribution in [-0.2, 0) is 0 Å². The predicted octanol–water partition coefficient (Wildman–Crippen LogP) is 0.876. The maximum Gasteiger partial charge on any atom is 0.274 e. The summed E-state index contributed by atoms with van der Waals surface area (Å²) in [4.78, 5) is 19.5. The van der Waals surface area contributed by atoms with Crippen molar-refractivity contribution in [3.8, 4) is 5.75 Å². The first-order chi connectivity index (χ1) is 15.2. The van der Waals surface area contributed by atoms with E-state index >= 15 is 0 Å². The largest absolute Gasteiger partial charge is 0.491 e. The Morgan fingerprint density at radius 2 is 1.65 bits per heavy atom. The molecule has 1 aliphatic heterocycles. The van der Waals surface area contributed by atoms with Gasteiger partial charge in [0.25, 0.3) is 5.82 Å². The standard InChI is InChI=1S/C25H27N3O3/c29-22(18-27-14-16-28(17-15-27)24-8-4-5-13-26-24)19-31-23-11-9-21(10-12-23)25(30)20-6-2-1-3-7-20/h1-13,22,29H,14-19H2/p+2/t22-/m1/s1. The summed E-state index contributed by atoms with van der Waals surface area (Å²) in [6.07, 6.45) is 1.41. The van der Waals surface area contributed by atoms with Gasteiger partial charge in [-0.1, -0.05) is 36.4 Å². The number of aromatic nitrogens is 1. The van der Waals surface area contributed by atoms with Gasteiger partial charge in [0.1, 0.15) is 51.2 Å². The van der Waals surface area contributed by atoms with Crippen LogP contribution in [0.15, 0.2) is 79.0 Å². The van der Waals surface area contributed by atoms with Crippen molar-refractivity contribution in [1.82, 2.24) is 0 Å². The predicted molar refractivity (Wildman–Crippen MR) is 119 cm³/mol. The molecule has 0 amide bonds. The van der Waals surface area contributed by atoms with Gasteiger partial charge in [-0.05, 0) is 30.3 Å². The van der Waals surface area contributed by atoms with Gasteiger partial charge >= 0.3 is 0 Å². The number of carbonyl (C=O) groups excluding carboxylic acids is 1. The van der Waals surface area contributed by atoms with Gasteiger partial charge in [0.2, 0.25) is 0 Å². The molecule has 0 unspecified atom stereocenters. The fraction of sp³-hybridized carbons (Fsp3) is 0.280. The van der Waals surface area contributed by atoms with Gasteiger partial charge in [-0.2, -0.15) is 0 Å². The Hall–Kier alpha value is -3.22. The van der Waals surface area contributed by atoms with Gasteiger partial charge in [0, 0.05) is 17.2 Å². The number of rotatable bonds is 8. The van der Waals surface area contributed by atoms with Gasteiger partial charge in [0.05, 0.1) is 6.20 Å². The zero-order valence-corrected chi connectivity index (χ0v) is 17.5. The number of H-pyrrole nitrogens is 1. The lowest BCUT2D eigenvalue weighted by atomic mass is 10.0. The SMILES string of the molecule is O=C(c1ccccc1)c1ccc(OC[C@H](O)C[NH+]2CCN(c3cccc[nH+]3)CC2)cc1. The number of aromatic amines is 1. The molecule has 1 atom stereocenters. The molecule has 1 saturated heterocycles. The number of hydrogen-bond donors (Lipinski definition) is 2. The first-order valence-corrected chi connectivity index (χ1v) is 10.7. The number of aliphatic hydroxyl groups excluding tert-OH is 1. The maximum absolute atomic E-state index is 12.5. The van der Waals surface area contributed by atoms with Crippen molar-refractivity contribution in [3.05, 3.63) is 90.1 Å². The second-order valence-electron chi connectivity index (χ2n) is 7.87. The van der Waals surface area contributed by atoms with Crippen LogP contribution < -0.4 is 19.5 Å². The molecule has 0 spiro atoms. The Labute approximate surface area is 182 Å². The van der Waals surface area contributed by atoms with Gasteiger partial charge < -0.3 is 14.7 Å². The van der Waals surface area contributed by atoms with E-state index in [9.17, 15) is 9.90 Å². The second kappa shape index (κ2) is 10.2. The van der Waals surface area contributed by atoms with Crippen molar-refractivity contribution < 1.29 is 24.5 Å². The molecule has 6 nitrogen and oxygen atoms in total. The van der Waals surface area contributed by atoms with E-state index in [1.807, 2.05) is 48.7 Å². The van der Waals surface area contributed by atoms with Crippen LogP contribution in [-0.4, -0.2) is 56.3 Å². The number of hydrogen-bond acceptors (Lipinski definition) is 4. The van der Waals surface area contributed by atoms with Gasteiger partial charge in [-0.15, -0.1) is 0 Å². The summed E-state index contributed by atoms with van der Waals surface area (Å²) in [6, 6.07) is 22.4. The molecule has 0 radical (unpaired) electrons. The highest BCUT2D eigenvalue weighted by atomic mass is 16.5. The van der Waals surface area contributed by atoms with Crippen LogP contribution >= 0.6 is 0 Å². The molecule has 3 aromatic rings. The summed E-state index contributed by atoms with van der Waals surface area (Å²) in [5.74, 6) is 1.78. The number of aliphatic hydroxyl groups is 1. The number of ether oxygens (including phenoxy) is 1. The minimum Gasteiger partial charge on any atom is -0.491 e. The lowest BCUT2D eigenvalue weighted by Crippen LogP contribution is -3.16. The van der Waals surface area contributed by atoms with Gasteiger partial charge in [-0.3, -0.25) is 9.69 Å². The van der Waals surface area contributed by atoms with E-state index < -0.39 is 6.10 Å². The molecule has 4 rings (SSSR count). The second-order valence-corrected chi connectivity index (χ2v) is 7.87. The molecule has 160 valence electrons. The van der Waals surface area contributed by atoms with E-state index in [0.29, 0.717) is 23.4 Å². The first-order valence-electron chi connectivity index (χ1n) is 10.7. The lowest BCUT2D eigenvalue weighted by Gasteiger charge is -2.29. The van der Waals surface area contributed by atoms with Crippen LogP contribution in [0.1, 0.15) is 15.9 Å². The summed E-state index contributed by atoms with van der Waals surface area (Å²) in [7, 11) is 0. The van der Waals surface area contributed by atoms with E-state index in [1.54, 1.807) is 24.3 Å². The van der Waals surface area contributed by atoms with E-state index in [4.69, 9.17) is 4.74 Å². The first kappa shape index (κ1) is 21.0. The minimum atomic E-state index is -0.532. The molecule has 3 N–H and O–H groups in total. The number of benzene rings is 2. The zero-order chi connectivity index (χ0) is 21.5. The third kappa shape index (κ3) is 5.69. The smallest absolute Gasteiger partial charge is 0.274 e. The average Bonchev–Trinajstić information content (AvgIpc) is 2.84. The van der Waals surface area contributed by atoms with Crippen LogP contribution in [0.5, 0.6) is 5.75 Å². The number of nitrogens with zero attached hydrogens (tertiary/aromatic N) is 1. The molecule has 6 heteroatoms. The third-order valence-corrected chi connectivity index (χ3v) is 5.62. The highest BCUT2D eigenvalue weighted by Crippen LogP contribution is 2.15. The summed E-state index contributed by atoms with van der Waals surface area (Å²) < 4.78 is 5.75. The fourth-order valence-corrected chi connectivity index (χ4v) is 3.89. The van der Waals surface area contributed by atoms with Gasteiger partial charge in [-0.25, -0.2) is 4.98 Å². The Bertz CT molecular complexity index is 956. The Kier molecular flexibility index (Phi) is 6.92. The fourth-order valence-electron chi connectivity index (χ4n) is 3.89. The van der Waals surface area contributed by atoms with Crippen molar-refractivity contribution in [2.45, 2.75) is 6.10 Å². The minimum absolute atomic E-state index is 0.0111. The Morgan fingerprint density at radius 3 is 2.32 bits per heavy atom. The van der Waals surface area contributed by atoms with E-state index in [-0.39, 0.29) is 12.4 Å². The van der Waals surface area contributed by atoms with Crippen LogP contribution in [0.25, 0.3) is 0 Å². The number of quaternary nitrogens is 1. The number of carbonyl (C=O) groups is 1. The molecule has 2 heterocycles. The number of ketones is 1. The lowest BCUT2D eigenvalue weighted by molar-refractivity contribution is -0.903. The van der Waals surface area contributed by atoms with Crippen molar-refractivity contribution in [3.63, 3.8) is 0 Å². The number of anilines is 1. The van der Waals surface area contributed by atoms with Crippen LogP contribution in [0.3, 0.4) is 0 Å². The van der Waals surface area contributed by atoms with Crippen molar-refractivity contribution in [2.24, 2.45) is 0 Å². The number of nitrogens with one attached hydrogen (secondary N) is 2. The normalized spacial score (nSPS) is 15.5. The topological polar surface area (TPSA) is 68.3 Å². The summed E-state index contributed by atoms with van der Waals surface area (Å²) >= 11 is 0. The van der Waals surface area contributed by atoms with E-state index in [0.717, 1.165) is 32.0 Å². The molecule has 1 aromatic heterocycles. The van der Waals surface area contributed by atoms with Crippen LogP contribution in [0, 0.1) is 0 Å². The molecular weight excluding hydrogens is 390 g/mol. The Morgan fingerprint density at radius 1 is 0.968 bits per heavy atom. The molecule has 0 saturated carbocycles. The summed E-state index contributed by atoms with van der Waals surface area (Å²) in [6.45, 7) is 4.79. The molecule has 2 aromatic carbocycles. The average molecular weight is 420 g/mol. The molecule has 1 aliphatic rings. The summed E-state index contributed by atoms with van der Waals surface area (Å²) in [5.41, 5.74) is 1.29. The van der Waals surface area contributed by atoms with E-state index in [1.165, 1.54) is 4.90 Å². The number of pyridine rings is 1. The van der Waals surface area contributed by atoms with Gasteiger partial charge in [0.15, 0.2) is 5.78 Å². The maximum atomic E-state index is 12.5. The third-order valence-electron chi connectivity index (χ3n) is 5.62. The highest BCUT2D eigenvalue weighted by molar-refractivity contribution is 6.08. The van der Waals surface area contributed by atoms with Crippen LogP contribution in [0.4, 0.5) is 5.82 Å². The molecule has 31 heavy (non-hydrogen) atoms. The number of piperazine rings is 1.